The zero-order valence-electron chi connectivity index (χ0n) is 24.8. The van der Waals surface area contributed by atoms with Crippen LogP contribution in [0.25, 0.3) is 0 Å². The van der Waals surface area contributed by atoms with Gasteiger partial charge in [0.25, 0.3) is 0 Å². The summed E-state index contributed by atoms with van der Waals surface area (Å²) in [6.07, 6.45) is 29.1. The van der Waals surface area contributed by atoms with Crippen LogP contribution < -0.4 is 0 Å². The van der Waals surface area contributed by atoms with Gasteiger partial charge in [-0.25, -0.2) is 16.8 Å². The van der Waals surface area contributed by atoms with Gasteiger partial charge in [0.2, 0.25) is 20.8 Å². The second kappa shape index (κ2) is 32.8. The van der Waals surface area contributed by atoms with Gasteiger partial charge in [-0.2, -0.15) is 0 Å². The topological polar surface area (TPSA) is 133 Å². The van der Waals surface area contributed by atoms with Gasteiger partial charge < -0.3 is 9.11 Å². The van der Waals surface area contributed by atoms with E-state index in [1.54, 1.807) is 0 Å². The molecule has 0 spiro atoms. The van der Waals surface area contributed by atoms with E-state index in [0.717, 1.165) is 25.7 Å². The van der Waals surface area contributed by atoms with Crippen molar-refractivity contribution in [1.29, 1.82) is 0 Å². The third-order valence-corrected chi connectivity index (χ3v) is 7.36. The molecular formula is C28H58MnO8S2. The van der Waals surface area contributed by atoms with Crippen LogP contribution in [0.1, 0.15) is 168 Å². The van der Waals surface area contributed by atoms with Crippen LogP contribution in [0.15, 0.2) is 0 Å². The maximum atomic E-state index is 10.2. The molecule has 0 fully saturated rings. The van der Waals surface area contributed by atoms with Gasteiger partial charge in [0, 0.05) is 0 Å². The summed E-state index contributed by atoms with van der Waals surface area (Å²) in [6, 6.07) is 0. The van der Waals surface area contributed by atoms with Crippen molar-refractivity contribution in [1.82, 2.24) is 0 Å². The zero-order valence-corrected chi connectivity index (χ0v) is 27.7. The zero-order chi connectivity index (χ0) is 28.8. The van der Waals surface area contributed by atoms with Crippen LogP contribution in [-0.4, -0.2) is 39.2 Å². The smallest absolute Gasteiger partial charge is 0.726 e. The molecule has 0 N–H and O–H groups in total. The van der Waals surface area contributed by atoms with E-state index in [1.807, 2.05) is 0 Å². The van der Waals surface area contributed by atoms with Gasteiger partial charge >= 0.3 is 17.1 Å². The van der Waals surface area contributed by atoms with E-state index in [9.17, 15) is 25.9 Å². The molecule has 0 bridgehead atoms. The van der Waals surface area contributed by atoms with Crippen molar-refractivity contribution in [3.05, 3.63) is 0 Å². The SMILES string of the molecule is CCCCCCCCCCCCCCOS(=O)(=O)[O-].CCCCCCCCCCCCCCOS(=O)(=O)[O-].[Mn+2]. The first-order chi connectivity index (χ1) is 18.1. The molecule has 0 aliphatic heterocycles. The molecular weight excluding hydrogens is 583 g/mol. The van der Waals surface area contributed by atoms with E-state index in [1.165, 1.54) is 116 Å². The molecule has 8 nitrogen and oxygen atoms in total. The third kappa shape index (κ3) is 48.3. The molecule has 0 aromatic heterocycles. The Morgan fingerprint density at radius 1 is 0.385 bits per heavy atom. The molecule has 11 heteroatoms. The van der Waals surface area contributed by atoms with Crippen molar-refractivity contribution in [3.8, 4) is 0 Å². The average molecular weight is 642 g/mol. The van der Waals surface area contributed by atoms with Crippen molar-refractivity contribution >= 4 is 20.8 Å². The number of hydrogen-bond acceptors (Lipinski definition) is 8. The maximum absolute atomic E-state index is 10.2. The van der Waals surface area contributed by atoms with Crippen molar-refractivity contribution in [3.63, 3.8) is 0 Å². The molecule has 1 radical (unpaired) electrons. The molecule has 0 atom stereocenters. The minimum absolute atomic E-state index is 0. The van der Waals surface area contributed by atoms with Crippen molar-refractivity contribution in [2.24, 2.45) is 0 Å². The first-order valence-electron chi connectivity index (χ1n) is 15.3. The fraction of sp³-hybridized carbons (Fsp3) is 1.00. The third-order valence-electron chi connectivity index (χ3n) is 6.45. The quantitative estimate of drug-likeness (QED) is 0.0360. The van der Waals surface area contributed by atoms with Gasteiger partial charge in [0.1, 0.15) is 0 Å². The first-order valence-corrected chi connectivity index (χ1v) is 18.0. The van der Waals surface area contributed by atoms with Crippen LogP contribution in [0.5, 0.6) is 0 Å². The first kappa shape index (κ1) is 43.7. The van der Waals surface area contributed by atoms with E-state index in [-0.39, 0.29) is 30.3 Å². The molecule has 0 unspecified atom stereocenters. The van der Waals surface area contributed by atoms with E-state index in [4.69, 9.17) is 0 Å². The minimum Gasteiger partial charge on any atom is -0.726 e. The normalized spacial score (nSPS) is 11.6. The molecule has 39 heavy (non-hydrogen) atoms. The number of rotatable bonds is 28. The summed E-state index contributed by atoms with van der Waals surface area (Å²) in [7, 11) is -8.98. The molecule has 0 heterocycles. The van der Waals surface area contributed by atoms with E-state index in [0.29, 0.717) is 12.8 Å². The average Bonchev–Trinajstić information content (AvgIpc) is 2.84. The van der Waals surface area contributed by atoms with Gasteiger partial charge in [-0.3, -0.25) is 8.37 Å². The summed E-state index contributed by atoms with van der Waals surface area (Å²) >= 11 is 0. The Morgan fingerprint density at radius 2 is 0.564 bits per heavy atom. The summed E-state index contributed by atoms with van der Waals surface area (Å²) in [5.74, 6) is 0. The van der Waals surface area contributed by atoms with E-state index >= 15 is 0 Å². The summed E-state index contributed by atoms with van der Waals surface area (Å²) in [4.78, 5) is 0. The maximum Gasteiger partial charge on any atom is 2.00 e. The Balaban J connectivity index is -0.000000648. The molecule has 0 aromatic rings. The second-order valence-electron chi connectivity index (χ2n) is 10.2. The van der Waals surface area contributed by atoms with Gasteiger partial charge in [-0.05, 0) is 12.8 Å². The summed E-state index contributed by atoms with van der Waals surface area (Å²) < 4.78 is 69.2. The molecule has 0 aliphatic rings. The molecule has 237 valence electrons. The van der Waals surface area contributed by atoms with Crippen LogP contribution in [-0.2, 0) is 46.2 Å². The Morgan fingerprint density at radius 3 is 0.744 bits per heavy atom. The van der Waals surface area contributed by atoms with Crippen molar-refractivity contribution in [2.75, 3.05) is 13.2 Å². The van der Waals surface area contributed by atoms with Crippen LogP contribution in [0.4, 0.5) is 0 Å². The minimum atomic E-state index is -4.49. The molecule has 0 saturated carbocycles. The van der Waals surface area contributed by atoms with Crippen molar-refractivity contribution < 1.29 is 51.4 Å². The van der Waals surface area contributed by atoms with Crippen molar-refractivity contribution in [2.45, 2.75) is 168 Å². The Kier molecular flexibility index (Phi) is 36.7. The molecule has 0 saturated heterocycles. The molecule has 0 rings (SSSR count). The van der Waals surface area contributed by atoms with Crippen LogP contribution in [0, 0.1) is 0 Å². The second-order valence-corrected chi connectivity index (χ2v) is 12.3. The standard InChI is InChI=1S/2C14H30O4S.Mn/c2*1-2-3-4-5-6-7-8-9-10-11-12-13-14-18-19(15,16)17;/h2*2-14H2,1H3,(H,15,16,17);/q;;+2/p-2. The Hall–Kier alpha value is 0.259. The van der Waals surface area contributed by atoms with E-state index in [2.05, 4.69) is 22.2 Å². The van der Waals surface area contributed by atoms with E-state index < -0.39 is 20.8 Å². The largest absolute Gasteiger partial charge is 2.00 e. The van der Waals surface area contributed by atoms with Gasteiger partial charge in [0.05, 0.1) is 13.2 Å². The number of hydrogen-bond donors (Lipinski definition) is 0. The van der Waals surface area contributed by atoms with Gasteiger partial charge in [-0.15, -0.1) is 0 Å². The summed E-state index contributed by atoms with van der Waals surface area (Å²) in [5, 5.41) is 0. The predicted molar refractivity (Wildman–Crippen MR) is 153 cm³/mol. The monoisotopic (exact) mass is 641 g/mol. The predicted octanol–water partition coefficient (Wildman–Crippen LogP) is 8.33. The number of unbranched alkanes of at least 4 members (excludes halogenated alkanes) is 22. The summed E-state index contributed by atoms with van der Waals surface area (Å²) in [6.45, 7) is 4.53. The van der Waals surface area contributed by atoms with Gasteiger partial charge in [-0.1, -0.05) is 155 Å². The summed E-state index contributed by atoms with van der Waals surface area (Å²) in [5.41, 5.74) is 0. The molecule has 0 aromatic carbocycles. The van der Waals surface area contributed by atoms with Crippen LogP contribution in [0.2, 0.25) is 0 Å². The molecule has 0 aliphatic carbocycles. The fourth-order valence-corrected chi connectivity index (χ4v) is 4.85. The Labute approximate surface area is 252 Å². The van der Waals surface area contributed by atoms with Crippen LogP contribution in [0.3, 0.4) is 0 Å². The molecule has 0 amide bonds. The Bertz CT molecular complexity index is 615. The van der Waals surface area contributed by atoms with Gasteiger partial charge in [0.15, 0.2) is 0 Å². The fourth-order valence-electron chi connectivity index (χ4n) is 4.21. The van der Waals surface area contributed by atoms with Crippen LogP contribution >= 0.6 is 0 Å².